The number of esters is 2. The number of hydrogen-bond acceptors (Lipinski definition) is 7. The number of ether oxygens (including phenoxy) is 2. The van der Waals surface area contributed by atoms with E-state index < -0.39 is 11.9 Å². The normalized spacial score (nSPS) is 18.0. The maximum atomic E-state index is 13.1. The summed E-state index contributed by atoms with van der Waals surface area (Å²) in [5.74, 6) is -0.679. The zero-order chi connectivity index (χ0) is 24.4. The van der Waals surface area contributed by atoms with Crippen molar-refractivity contribution >= 4 is 22.9 Å². The fourth-order valence-corrected chi connectivity index (χ4v) is 4.79. The molecule has 2 bridgehead atoms. The maximum absolute atomic E-state index is 13.1. The number of hydrogen-bond donors (Lipinski definition) is 0. The van der Waals surface area contributed by atoms with Crippen molar-refractivity contribution in [1.82, 2.24) is 9.64 Å². The first kappa shape index (κ1) is 23.1. The second-order valence-corrected chi connectivity index (χ2v) is 9.19. The number of aromatic nitrogens is 1. The van der Waals surface area contributed by atoms with E-state index in [0.717, 1.165) is 57.5 Å². The van der Waals surface area contributed by atoms with Gasteiger partial charge in [0, 0.05) is 30.3 Å². The summed E-state index contributed by atoms with van der Waals surface area (Å²) < 4.78 is 17.8. The summed E-state index contributed by atoms with van der Waals surface area (Å²) in [5.41, 5.74) is 1.63. The average Bonchev–Trinajstić information content (AvgIpc) is 3.19. The molecule has 1 saturated heterocycles. The molecule has 2 aliphatic rings. The molecule has 1 aromatic heterocycles. The summed E-state index contributed by atoms with van der Waals surface area (Å²) in [6.45, 7) is 5.23. The molecule has 0 N–H and O–H groups in total. The van der Waals surface area contributed by atoms with Crippen LogP contribution in [0.5, 0.6) is 11.5 Å². The van der Waals surface area contributed by atoms with Crippen LogP contribution in [0.2, 0.25) is 0 Å². The van der Waals surface area contributed by atoms with Crippen LogP contribution in [-0.2, 0) is 22.6 Å². The molecule has 0 aliphatic carbocycles. The molecule has 8 nitrogen and oxygen atoms in total. The predicted molar refractivity (Wildman–Crippen MR) is 130 cm³/mol. The van der Waals surface area contributed by atoms with Crippen LogP contribution in [0.1, 0.15) is 30.4 Å². The Morgan fingerprint density at radius 1 is 0.943 bits per heavy atom. The topological polar surface area (TPSA) is 91.0 Å². The number of aryl methyl sites for hydroxylation is 1. The number of likely N-dealkylation sites (tertiary alicyclic amines) is 1. The summed E-state index contributed by atoms with van der Waals surface area (Å²) in [5, 5.41) is 0.182. The third-order valence-electron chi connectivity index (χ3n) is 6.87. The molecule has 3 aromatic rings. The van der Waals surface area contributed by atoms with Gasteiger partial charge in [-0.1, -0.05) is 30.3 Å². The van der Waals surface area contributed by atoms with Gasteiger partial charge < -0.3 is 18.9 Å². The Morgan fingerprint density at radius 2 is 1.66 bits per heavy atom. The van der Waals surface area contributed by atoms with Crippen molar-refractivity contribution in [2.24, 2.45) is 5.92 Å². The van der Waals surface area contributed by atoms with Crippen LogP contribution >= 0.6 is 0 Å². The molecule has 5 rings (SSSR count). The van der Waals surface area contributed by atoms with Crippen molar-refractivity contribution in [2.75, 3.05) is 19.6 Å². The van der Waals surface area contributed by atoms with Crippen molar-refractivity contribution in [3.8, 4) is 11.5 Å². The third kappa shape index (κ3) is 5.07. The molecule has 8 heteroatoms. The van der Waals surface area contributed by atoms with Gasteiger partial charge in [0.05, 0.1) is 6.54 Å². The predicted octanol–water partition coefficient (Wildman–Crippen LogP) is 3.63. The van der Waals surface area contributed by atoms with E-state index in [1.165, 1.54) is 16.4 Å². The van der Waals surface area contributed by atoms with E-state index in [0.29, 0.717) is 18.0 Å². The van der Waals surface area contributed by atoms with Crippen LogP contribution in [-0.4, -0.2) is 41.2 Å². The molecular weight excluding hydrogens is 448 g/mol. The molecule has 1 fully saturated rings. The minimum absolute atomic E-state index is 0.0704. The number of rotatable bonds is 6. The van der Waals surface area contributed by atoms with Crippen molar-refractivity contribution in [3.05, 3.63) is 70.0 Å². The van der Waals surface area contributed by atoms with Gasteiger partial charge in [0.25, 0.3) is 5.56 Å². The van der Waals surface area contributed by atoms with Gasteiger partial charge in [-0.25, -0.2) is 9.59 Å². The highest BCUT2D eigenvalue weighted by molar-refractivity contribution is 5.98. The molecule has 35 heavy (non-hydrogen) atoms. The highest BCUT2D eigenvalue weighted by Crippen LogP contribution is 2.36. The summed E-state index contributed by atoms with van der Waals surface area (Å²) in [4.78, 5) is 39.6. The lowest BCUT2D eigenvalue weighted by atomic mass is 9.93. The lowest BCUT2D eigenvalue weighted by Gasteiger charge is -2.31. The van der Waals surface area contributed by atoms with Gasteiger partial charge >= 0.3 is 11.9 Å². The van der Waals surface area contributed by atoms with Gasteiger partial charge in [0.15, 0.2) is 11.3 Å². The molecule has 0 amide bonds. The van der Waals surface area contributed by atoms with E-state index in [1.807, 2.05) is 6.07 Å². The molecule has 0 saturated carbocycles. The monoisotopic (exact) mass is 476 g/mol. The fraction of sp³-hybridized carbons (Fsp3) is 0.370. The standard InChI is InChI=1S/C27H28N2O6/c1-18-21-17-22-25(26(18)34-24(31)8-7-23(30)33-21)27(32)29(35-22)16-12-20-10-14-28(15-11-20)13-9-19-5-3-2-4-6-19/h2-8,17,20H,9-16H2,1H3/b8-7+. The van der Waals surface area contributed by atoms with E-state index in [4.69, 9.17) is 14.0 Å². The van der Waals surface area contributed by atoms with Crippen LogP contribution < -0.4 is 15.0 Å². The smallest absolute Gasteiger partial charge is 0.336 e. The number of benzene rings is 2. The molecular formula is C27H28N2O6. The zero-order valence-corrected chi connectivity index (χ0v) is 19.7. The van der Waals surface area contributed by atoms with E-state index in [9.17, 15) is 14.4 Å². The highest BCUT2D eigenvalue weighted by Gasteiger charge is 2.25. The SMILES string of the molecule is Cc1c2cc3on(CCC4CCN(CCc5ccccc5)CC4)c(=O)c3c1OC(=O)/C=C/C(=O)O2. The van der Waals surface area contributed by atoms with Gasteiger partial charge in [-0.2, -0.15) is 4.74 Å². The molecule has 0 atom stereocenters. The van der Waals surface area contributed by atoms with Crippen molar-refractivity contribution in [2.45, 2.75) is 39.2 Å². The van der Waals surface area contributed by atoms with Crippen LogP contribution in [0.25, 0.3) is 11.0 Å². The van der Waals surface area contributed by atoms with Crippen molar-refractivity contribution < 1.29 is 23.6 Å². The average molecular weight is 477 g/mol. The largest absolute Gasteiger partial charge is 0.423 e. The lowest BCUT2D eigenvalue weighted by molar-refractivity contribution is -0.131. The molecule has 0 radical (unpaired) electrons. The molecule has 0 unspecified atom stereocenters. The fourth-order valence-electron chi connectivity index (χ4n) is 4.79. The van der Waals surface area contributed by atoms with Gasteiger partial charge in [-0.05, 0) is 57.2 Å². The first-order valence-corrected chi connectivity index (χ1v) is 12.0. The maximum Gasteiger partial charge on any atom is 0.336 e. The molecule has 182 valence electrons. The number of carbonyl (C=O) groups excluding carboxylic acids is 2. The molecule has 2 aliphatic heterocycles. The van der Waals surface area contributed by atoms with Crippen molar-refractivity contribution in [1.29, 1.82) is 0 Å². The van der Waals surface area contributed by atoms with Crippen molar-refractivity contribution in [3.63, 3.8) is 0 Å². The second-order valence-electron chi connectivity index (χ2n) is 9.19. The summed E-state index contributed by atoms with van der Waals surface area (Å²) in [7, 11) is 0. The van der Waals surface area contributed by atoms with E-state index in [1.54, 1.807) is 6.92 Å². The quantitative estimate of drug-likeness (QED) is 0.396. The summed E-state index contributed by atoms with van der Waals surface area (Å²) >= 11 is 0. The number of piperidine rings is 1. The minimum Gasteiger partial charge on any atom is -0.423 e. The number of nitrogens with zero attached hydrogens (tertiary/aromatic N) is 2. The van der Waals surface area contributed by atoms with Crippen LogP contribution in [0.15, 0.2) is 57.9 Å². The van der Waals surface area contributed by atoms with Gasteiger partial charge in [0.2, 0.25) is 0 Å². The Morgan fingerprint density at radius 3 is 2.40 bits per heavy atom. The Balaban J connectivity index is 1.25. The first-order chi connectivity index (χ1) is 17.0. The van der Waals surface area contributed by atoms with Gasteiger partial charge in [0.1, 0.15) is 11.1 Å². The molecule has 3 heterocycles. The van der Waals surface area contributed by atoms with Gasteiger partial charge in [-0.3, -0.25) is 4.79 Å². The first-order valence-electron chi connectivity index (χ1n) is 12.0. The zero-order valence-electron chi connectivity index (χ0n) is 19.7. The minimum atomic E-state index is -0.753. The van der Waals surface area contributed by atoms with E-state index >= 15 is 0 Å². The number of fused-ring (bicyclic) bond motifs is 4. The highest BCUT2D eigenvalue weighted by atomic mass is 16.6. The van der Waals surface area contributed by atoms with Gasteiger partial charge in [-0.15, -0.1) is 0 Å². The van der Waals surface area contributed by atoms with E-state index in [-0.39, 0.29) is 28.0 Å². The number of carbonyl (C=O) groups is 2. The molecule has 0 spiro atoms. The van der Waals surface area contributed by atoms with Crippen LogP contribution in [0.4, 0.5) is 0 Å². The Labute approximate surface area is 202 Å². The molecule has 2 aromatic carbocycles. The summed E-state index contributed by atoms with van der Waals surface area (Å²) in [6, 6.07) is 12.0. The Bertz CT molecular complexity index is 1330. The van der Waals surface area contributed by atoms with Crippen LogP contribution in [0, 0.1) is 12.8 Å². The Kier molecular flexibility index (Phi) is 6.55. The Hall–Kier alpha value is -3.65. The second kappa shape index (κ2) is 9.92. The third-order valence-corrected chi connectivity index (χ3v) is 6.87. The lowest BCUT2D eigenvalue weighted by Crippen LogP contribution is -2.35. The van der Waals surface area contributed by atoms with Crippen LogP contribution in [0.3, 0.4) is 0 Å². The summed E-state index contributed by atoms with van der Waals surface area (Å²) in [6.07, 6.45) is 6.01. The van der Waals surface area contributed by atoms with E-state index in [2.05, 4.69) is 29.2 Å².